The van der Waals surface area contributed by atoms with E-state index in [0.717, 1.165) is 36.9 Å². The Hall–Kier alpha value is -2.85. The number of carbonyl (C=O) groups excluding carboxylic acids is 2. The summed E-state index contributed by atoms with van der Waals surface area (Å²) in [5.41, 5.74) is 3.20. The highest BCUT2D eigenvalue weighted by Gasteiger charge is 2.40. The molecule has 0 bridgehead atoms. The van der Waals surface area contributed by atoms with Crippen molar-refractivity contribution in [3.63, 3.8) is 0 Å². The number of thioether (sulfide) groups is 1. The van der Waals surface area contributed by atoms with Crippen molar-refractivity contribution in [2.75, 3.05) is 11.5 Å². The Labute approximate surface area is 186 Å². The zero-order valence-electron chi connectivity index (χ0n) is 17.6. The number of nitrogens with zero attached hydrogens (tertiary/aromatic N) is 3. The van der Waals surface area contributed by atoms with Crippen LogP contribution in [0.1, 0.15) is 55.8 Å². The Bertz CT molecular complexity index is 1030. The lowest BCUT2D eigenvalue weighted by Crippen LogP contribution is -2.31. The van der Waals surface area contributed by atoms with E-state index in [4.69, 9.17) is 9.72 Å². The third-order valence-corrected chi connectivity index (χ3v) is 6.84. The van der Waals surface area contributed by atoms with Gasteiger partial charge < -0.3 is 4.74 Å². The van der Waals surface area contributed by atoms with Crippen LogP contribution in [0, 0.1) is 11.3 Å². The molecule has 1 aromatic carbocycles. The summed E-state index contributed by atoms with van der Waals surface area (Å²) in [5, 5.41) is 9.64. The van der Waals surface area contributed by atoms with Crippen LogP contribution in [-0.2, 0) is 22.4 Å². The van der Waals surface area contributed by atoms with Crippen LogP contribution in [0.3, 0.4) is 0 Å². The highest BCUT2D eigenvalue weighted by molar-refractivity contribution is 8.00. The Morgan fingerprint density at radius 2 is 1.90 bits per heavy atom. The number of hydrogen-bond acceptors (Lipinski definition) is 6. The van der Waals surface area contributed by atoms with Gasteiger partial charge in [-0.25, -0.2) is 9.88 Å². The zero-order valence-corrected chi connectivity index (χ0v) is 18.4. The van der Waals surface area contributed by atoms with E-state index in [-0.39, 0.29) is 18.2 Å². The number of aryl methyl sites for hydroxylation is 2. The van der Waals surface area contributed by atoms with Crippen LogP contribution in [0.5, 0.6) is 5.75 Å². The fraction of sp³-hybridized carbons (Fsp3) is 0.417. The second-order valence-electron chi connectivity index (χ2n) is 7.78. The van der Waals surface area contributed by atoms with Crippen LogP contribution >= 0.6 is 11.8 Å². The molecule has 1 saturated heterocycles. The maximum Gasteiger partial charge on any atom is 0.247 e. The summed E-state index contributed by atoms with van der Waals surface area (Å²) in [6, 6.07) is 11.1. The Morgan fingerprint density at radius 1 is 1.16 bits per heavy atom. The molecule has 1 aliphatic carbocycles. The van der Waals surface area contributed by atoms with Gasteiger partial charge in [-0.1, -0.05) is 24.6 Å². The molecule has 2 aliphatic rings. The molecular weight excluding hydrogens is 410 g/mol. The third-order valence-electron chi connectivity index (χ3n) is 5.65. The Kier molecular flexibility index (Phi) is 6.57. The molecule has 160 valence electrons. The third kappa shape index (κ3) is 4.59. The van der Waals surface area contributed by atoms with Crippen molar-refractivity contribution in [3.8, 4) is 11.8 Å². The topological polar surface area (TPSA) is 83.3 Å². The molecule has 1 aromatic heterocycles. The number of amides is 2. The predicted octanol–water partition coefficient (Wildman–Crippen LogP) is 4.44. The number of pyridine rings is 1. The van der Waals surface area contributed by atoms with Gasteiger partial charge in [0.05, 0.1) is 23.1 Å². The van der Waals surface area contributed by atoms with Crippen LogP contribution in [0.4, 0.5) is 5.69 Å². The smallest absolute Gasteiger partial charge is 0.247 e. The van der Waals surface area contributed by atoms with Crippen molar-refractivity contribution in [1.29, 1.82) is 5.26 Å². The van der Waals surface area contributed by atoms with Crippen molar-refractivity contribution in [3.05, 3.63) is 47.2 Å². The molecule has 0 radical (unpaired) electrons. The van der Waals surface area contributed by atoms with Crippen molar-refractivity contribution in [2.45, 2.75) is 62.1 Å². The van der Waals surface area contributed by atoms with Gasteiger partial charge in [0.2, 0.25) is 11.8 Å². The predicted molar refractivity (Wildman–Crippen MR) is 119 cm³/mol. The maximum atomic E-state index is 13.1. The first-order chi connectivity index (χ1) is 15.1. The first-order valence-electron chi connectivity index (χ1n) is 10.8. The van der Waals surface area contributed by atoms with Crippen molar-refractivity contribution in [1.82, 2.24) is 4.98 Å². The molecular formula is C24H25N3O3S. The first-order valence-corrected chi connectivity index (χ1v) is 11.7. The SMILES string of the molecule is CCOc1ccc(N2C(=O)CC(Sc3nc4c(cc3C#N)CCCCCC4)C2=O)cc1. The molecule has 0 saturated carbocycles. The van der Waals surface area contributed by atoms with Gasteiger partial charge in [-0.3, -0.25) is 9.59 Å². The lowest BCUT2D eigenvalue weighted by atomic mass is 9.96. The van der Waals surface area contributed by atoms with Gasteiger partial charge in [0.1, 0.15) is 16.8 Å². The number of benzene rings is 1. The lowest BCUT2D eigenvalue weighted by Gasteiger charge is -2.17. The summed E-state index contributed by atoms with van der Waals surface area (Å²) >= 11 is 1.24. The molecule has 2 amide bonds. The van der Waals surface area contributed by atoms with Crippen molar-refractivity contribution < 1.29 is 14.3 Å². The van der Waals surface area contributed by atoms with Crippen molar-refractivity contribution in [2.24, 2.45) is 0 Å². The molecule has 7 heteroatoms. The summed E-state index contributed by atoms with van der Waals surface area (Å²) in [6.07, 6.45) is 6.52. The van der Waals surface area contributed by atoms with Gasteiger partial charge in [0, 0.05) is 12.1 Å². The minimum atomic E-state index is -0.578. The number of fused-ring (bicyclic) bond motifs is 1. The van der Waals surface area contributed by atoms with Crippen molar-refractivity contribution >= 4 is 29.3 Å². The molecule has 4 rings (SSSR count). The van der Waals surface area contributed by atoms with E-state index in [2.05, 4.69) is 6.07 Å². The lowest BCUT2D eigenvalue weighted by molar-refractivity contribution is -0.121. The highest BCUT2D eigenvalue weighted by atomic mass is 32.2. The largest absolute Gasteiger partial charge is 0.494 e. The quantitative estimate of drug-likeness (QED) is 0.646. The number of aromatic nitrogens is 1. The molecule has 0 N–H and O–H groups in total. The van der Waals surface area contributed by atoms with Gasteiger partial charge in [-0.2, -0.15) is 5.26 Å². The number of ether oxygens (including phenoxy) is 1. The second kappa shape index (κ2) is 9.52. The zero-order chi connectivity index (χ0) is 21.8. The van der Waals surface area contributed by atoms with Crippen LogP contribution in [0.25, 0.3) is 0 Å². The molecule has 2 heterocycles. The number of anilines is 1. The maximum absolute atomic E-state index is 13.1. The van der Waals surface area contributed by atoms with E-state index in [1.54, 1.807) is 24.3 Å². The molecule has 31 heavy (non-hydrogen) atoms. The van der Waals surface area contributed by atoms with E-state index in [9.17, 15) is 14.9 Å². The summed E-state index contributed by atoms with van der Waals surface area (Å²) < 4.78 is 5.43. The van der Waals surface area contributed by atoms with E-state index in [1.807, 2.05) is 13.0 Å². The minimum Gasteiger partial charge on any atom is -0.494 e. The fourth-order valence-electron chi connectivity index (χ4n) is 4.10. The van der Waals surface area contributed by atoms with Crippen LogP contribution < -0.4 is 9.64 Å². The van der Waals surface area contributed by atoms with Gasteiger partial charge in [-0.05, 0) is 68.5 Å². The Morgan fingerprint density at radius 3 is 2.61 bits per heavy atom. The summed E-state index contributed by atoms with van der Waals surface area (Å²) in [7, 11) is 0. The monoisotopic (exact) mass is 435 g/mol. The standard InChI is InChI=1S/C24H25N3O3S/c1-2-30-19-11-9-18(10-12-19)27-22(28)14-21(24(27)29)31-23-17(15-25)13-16-7-5-3-4-6-8-20(16)26-23/h9-13,21H,2-8,14H2,1H3. The number of nitriles is 1. The first kappa shape index (κ1) is 21.4. The van der Waals surface area contributed by atoms with Gasteiger partial charge >= 0.3 is 0 Å². The summed E-state index contributed by atoms with van der Waals surface area (Å²) in [6.45, 7) is 2.45. The van der Waals surface area contributed by atoms with Crippen LogP contribution in [0.15, 0.2) is 35.4 Å². The molecule has 1 unspecified atom stereocenters. The number of imide groups is 1. The number of rotatable bonds is 5. The van der Waals surface area contributed by atoms with E-state index in [0.29, 0.717) is 28.6 Å². The van der Waals surface area contributed by atoms with Crippen LogP contribution in [-0.4, -0.2) is 28.7 Å². The molecule has 2 aromatic rings. The second-order valence-corrected chi connectivity index (χ2v) is 8.97. The molecule has 1 fully saturated rings. The van der Waals surface area contributed by atoms with Gasteiger partial charge in [-0.15, -0.1) is 0 Å². The molecule has 1 atom stereocenters. The van der Waals surface area contributed by atoms with Gasteiger partial charge in [0.25, 0.3) is 0 Å². The molecule has 6 nitrogen and oxygen atoms in total. The summed E-state index contributed by atoms with van der Waals surface area (Å²) in [5.74, 6) is 0.188. The normalized spacial score (nSPS) is 18.8. The molecule has 1 aliphatic heterocycles. The summed E-state index contributed by atoms with van der Waals surface area (Å²) in [4.78, 5) is 31.7. The van der Waals surface area contributed by atoms with Crippen LogP contribution in [0.2, 0.25) is 0 Å². The number of carbonyl (C=O) groups is 2. The fourth-order valence-corrected chi connectivity index (χ4v) is 5.19. The van der Waals surface area contributed by atoms with E-state index in [1.165, 1.54) is 29.5 Å². The molecule has 0 spiro atoms. The number of hydrogen-bond donors (Lipinski definition) is 0. The average Bonchev–Trinajstić information content (AvgIpc) is 3.03. The van der Waals surface area contributed by atoms with E-state index < -0.39 is 5.25 Å². The highest BCUT2D eigenvalue weighted by Crippen LogP contribution is 2.36. The Balaban J connectivity index is 1.56. The average molecular weight is 436 g/mol. The van der Waals surface area contributed by atoms with Gasteiger partial charge in [0.15, 0.2) is 0 Å². The minimum absolute atomic E-state index is 0.0976. The van der Waals surface area contributed by atoms with E-state index >= 15 is 0 Å².